The van der Waals surface area contributed by atoms with Gasteiger partial charge in [0.25, 0.3) is 0 Å². The standard InChI is InChI=1S/C25H27F3N2O8S/c1-3-36-23(31)25-9-8-17(14-29(15-25)24(32)37-11-10-35-2)30(25)39(33,34)19-12-20(27)22(21(28)13-19)38-18-6-4-16(26)5-7-18/h4-7,12-13,17H,3,8-11,14-15H2,1-2H3. The number of carbonyl (C=O) groups excluding carboxylic acids is 2. The maximum atomic E-state index is 15.0. The van der Waals surface area contributed by atoms with Crippen molar-refractivity contribution in [2.24, 2.45) is 0 Å². The number of rotatable bonds is 9. The molecule has 2 unspecified atom stereocenters. The molecule has 39 heavy (non-hydrogen) atoms. The van der Waals surface area contributed by atoms with Crippen LogP contribution in [0.4, 0.5) is 18.0 Å². The Labute approximate surface area is 223 Å². The summed E-state index contributed by atoms with van der Waals surface area (Å²) in [5.41, 5.74) is -1.83. The fourth-order valence-electron chi connectivity index (χ4n) is 4.84. The summed E-state index contributed by atoms with van der Waals surface area (Å²) in [4.78, 5) is 26.3. The minimum Gasteiger partial charge on any atom is -0.465 e. The molecule has 0 saturated carbocycles. The fraction of sp³-hybridized carbons (Fsp3) is 0.440. The minimum atomic E-state index is -4.68. The van der Waals surface area contributed by atoms with Gasteiger partial charge in [0.2, 0.25) is 10.0 Å². The molecule has 4 rings (SSSR count). The van der Waals surface area contributed by atoms with Gasteiger partial charge in [-0.3, -0.25) is 0 Å². The molecule has 2 aliphatic rings. The van der Waals surface area contributed by atoms with Crippen molar-refractivity contribution in [1.29, 1.82) is 0 Å². The van der Waals surface area contributed by atoms with E-state index in [9.17, 15) is 31.2 Å². The van der Waals surface area contributed by atoms with Gasteiger partial charge in [-0.15, -0.1) is 0 Å². The van der Waals surface area contributed by atoms with E-state index >= 15 is 0 Å². The zero-order valence-corrected chi connectivity index (χ0v) is 22.0. The summed E-state index contributed by atoms with van der Waals surface area (Å²) < 4.78 is 92.0. The zero-order valence-electron chi connectivity index (χ0n) is 21.2. The molecule has 0 aromatic heterocycles. The molecule has 2 aliphatic heterocycles. The van der Waals surface area contributed by atoms with Crippen molar-refractivity contribution < 1.29 is 50.1 Å². The number of hydrogen-bond donors (Lipinski definition) is 0. The molecule has 14 heteroatoms. The predicted octanol–water partition coefficient (Wildman–Crippen LogP) is 3.45. The second-order valence-corrected chi connectivity index (χ2v) is 10.8. The number of amides is 1. The van der Waals surface area contributed by atoms with Crippen molar-refractivity contribution in [3.05, 3.63) is 53.8 Å². The molecule has 212 valence electrons. The summed E-state index contributed by atoms with van der Waals surface area (Å²) in [6.07, 6.45) is -0.547. The smallest absolute Gasteiger partial charge is 0.409 e. The predicted molar refractivity (Wildman–Crippen MR) is 129 cm³/mol. The van der Waals surface area contributed by atoms with Crippen LogP contribution in [-0.4, -0.2) is 81.3 Å². The molecule has 2 aromatic carbocycles. The van der Waals surface area contributed by atoms with E-state index < -0.39 is 61.8 Å². The van der Waals surface area contributed by atoms with E-state index in [1.54, 1.807) is 6.92 Å². The van der Waals surface area contributed by atoms with Crippen LogP contribution in [0.3, 0.4) is 0 Å². The van der Waals surface area contributed by atoms with Gasteiger partial charge in [-0.1, -0.05) is 0 Å². The summed E-state index contributed by atoms with van der Waals surface area (Å²) in [5, 5.41) is 0. The van der Waals surface area contributed by atoms with Crippen LogP contribution in [0.5, 0.6) is 11.5 Å². The van der Waals surface area contributed by atoms with Gasteiger partial charge in [-0.05, 0) is 56.2 Å². The maximum Gasteiger partial charge on any atom is 0.409 e. The van der Waals surface area contributed by atoms with Crippen LogP contribution < -0.4 is 4.74 Å². The van der Waals surface area contributed by atoms with E-state index in [-0.39, 0.29) is 51.5 Å². The van der Waals surface area contributed by atoms with Gasteiger partial charge in [0.15, 0.2) is 22.9 Å². The Morgan fingerprint density at radius 2 is 1.72 bits per heavy atom. The Hall–Kier alpha value is -3.36. The van der Waals surface area contributed by atoms with Crippen LogP contribution in [0.25, 0.3) is 0 Å². The molecule has 0 aliphatic carbocycles. The van der Waals surface area contributed by atoms with Crippen LogP contribution >= 0.6 is 0 Å². The average molecular weight is 573 g/mol. The summed E-state index contributed by atoms with van der Waals surface area (Å²) in [5.74, 6) is -5.07. The van der Waals surface area contributed by atoms with E-state index in [0.717, 1.165) is 28.6 Å². The second kappa shape index (κ2) is 11.4. The molecular weight excluding hydrogens is 545 g/mol. The quantitative estimate of drug-likeness (QED) is 0.332. The van der Waals surface area contributed by atoms with Crippen molar-refractivity contribution in [3.63, 3.8) is 0 Å². The van der Waals surface area contributed by atoms with Crippen molar-refractivity contribution in [1.82, 2.24) is 9.21 Å². The first-order valence-electron chi connectivity index (χ1n) is 12.1. The van der Waals surface area contributed by atoms with Gasteiger partial charge in [0.05, 0.1) is 24.7 Å². The van der Waals surface area contributed by atoms with Gasteiger partial charge in [-0.2, -0.15) is 4.31 Å². The average Bonchev–Trinajstić information content (AvgIpc) is 3.15. The Morgan fingerprint density at radius 3 is 2.33 bits per heavy atom. The lowest BCUT2D eigenvalue weighted by molar-refractivity contribution is -0.156. The SMILES string of the molecule is CCOC(=O)C12CCC(CN(C(=O)OCCOC)C1)N2S(=O)(=O)c1cc(F)c(Oc2ccc(F)cc2)c(F)c1. The van der Waals surface area contributed by atoms with E-state index in [4.69, 9.17) is 18.9 Å². The highest BCUT2D eigenvalue weighted by Gasteiger charge is 2.62. The van der Waals surface area contributed by atoms with Crippen LogP contribution in [0.1, 0.15) is 19.8 Å². The number of likely N-dealkylation sites (tertiary alicyclic amines) is 1. The number of nitrogens with zero attached hydrogens (tertiary/aromatic N) is 2. The molecule has 2 atom stereocenters. The number of fused-ring (bicyclic) bond motifs is 2. The number of benzene rings is 2. The van der Waals surface area contributed by atoms with Gasteiger partial charge in [-0.25, -0.2) is 31.2 Å². The topological polar surface area (TPSA) is 112 Å². The lowest BCUT2D eigenvalue weighted by Gasteiger charge is -2.45. The highest BCUT2D eigenvalue weighted by molar-refractivity contribution is 7.89. The number of ether oxygens (including phenoxy) is 4. The third-order valence-electron chi connectivity index (χ3n) is 6.52. The van der Waals surface area contributed by atoms with E-state index in [1.807, 2.05) is 0 Å². The van der Waals surface area contributed by atoms with E-state index in [2.05, 4.69) is 0 Å². The van der Waals surface area contributed by atoms with Gasteiger partial charge in [0.1, 0.15) is 18.2 Å². The van der Waals surface area contributed by atoms with Crippen molar-refractivity contribution >= 4 is 22.1 Å². The molecule has 2 bridgehead atoms. The third kappa shape index (κ3) is 5.54. The molecule has 2 heterocycles. The number of esters is 1. The first-order valence-corrected chi connectivity index (χ1v) is 13.5. The molecule has 2 saturated heterocycles. The lowest BCUT2D eigenvalue weighted by atomic mass is 9.97. The Kier molecular flexibility index (Phi) is 8.37. The molecule has 10 nitrogen and oxygen atoms in total. The number of carbonyl (C=O) groups is 2. The molecule has 2 aromatic rings. The zero-order chi connectivity index (χ0) is 28.4. The van der Waals surface area contributed by atoms with Gasteiger partial charge < -0.3 is 23.8 Å². The number of piperazine rings is 1. The largest absolute Gasteiger partial charge is 0.465 e. The summed E-state index contributed by atoms with van der Waals surface area (Å²) >= 11 is 0. The normalized spacial score (nSPS) is 21.1. The molecule has 2 fully saturated rings. The highest BCUT2D eigenvalue weighted by atomic mass is 32.2. The van der Waals surface area contributed by atoms with Gasteiger partial charge in [0, 0.05) is 19.7 Å². The highest BCUT2D eigenvalue weighted by Crippen LogP contribution is 2.44. The molecule has 1 amide bonds. The van der Waals surface area contributed by atoms with Crippen molar-refractivity contribution in [2.75, 3.05) is 40.0 Å². The number of hydrogen-bond acceptors (Lipinski definition) is 8. The summed E-state index contributed by atoms with van der Waals surface area (Å²) in [6.45, 7) is 1.10. The summed E-state index contributed by atoms with van der Waals surface area (Å²) in [7, 11) is -3.25. The number of methoxy groups -OCH3 is 1. The number of halogens is 3. The molecule has 0 radical (unpaired) electrons. The van der Waals surface area contributed by atoms with Gasteiger partial charge >= 0.3 is 12.1 Å². The first kappa shape index (κ1) is 28.6. The van der Waals surface area contributed by atoms with Crippen molar-refractivity contribution in [2.45, 2.75) is 36.2 Å². The van der Waals surface area contributed by atoms with Crippen LogP contribution in [0, 0.1) is 17.5 Å². The molecule has 0 spiro atoms. The van der Waals surface area contributed by atoms with Crippen LogP contribution in [0.15, 0.2) is 41.3 Å². The van der Waals surface area contributed by atoms with E-state index in [1.165, 1.54) is 12.0 Å². The molecular formula is C25H27F3N2O8S. The second-order valence-electron chi connectivity index (χ2n) is 9.01. The molecule has 0 N–H and O–H groups in total. The maximum absolute atomic E-state index is 15.0. The fourth-order valence-corrected chi connectivity index (χ4v) is 6.82. The Balaban J connectivity index is 1.67. The van der Waals surface area contributed by atoms with Crippen LogP contribution in [-0.2, 0) is 29.0 Å². The minimum absolute atomic E-state index is 0.0221. The number of sulfonamides is 1. The van der Waals surface area contributed by atoms with Crippen LogP contribution in [0.2, 0.25) is 0 Å². The summed E-state index contributed by atoms with van der Waals surface area (Å²) in [6, 6.07) is 4.65. The monoisotopic (exact) mass is 572 g/mol. The van der Waals surface area contributed by atoms with E-state index in [0.29, 0.717) is 12.1 Å². The Bertz CT molecular complexity index is 1320. The third-order valence-corrected chi connectivity index (χ3v) is 8.51. The lowest BCUT2D eigenvalue weighted by Crippen LogP contribution is -2.67. The Morgan fingerprint density at radius 1 is 1.05 bits per heavy atom. The van der Waals surface area contributed by atoms with Crippen molar-refractivity contribution in [3.8, 4) is 11.5 Å². The first-order chi connectivity index (χ1) is 18.5.